The maximum absolute atomic E-state index is 9.30. The highest BCUT2D eigenvalue weighted by Crippen LogP contribution is 2.14. The number of nitrogens with one attached hydrogen (secondary N) is 1. The summed E-state index contributed by atoms with van der Waals surface area (Å²) in [5.74, 6) is 0.810. The number of rotatable bonds is 7. The molecule has 0 unspecified atom stereocenters. The standard InChI is InChI=1S/C13H24N4O/c1-5-6-14-12-8-15-11(7-16-12)9-17(4)13(2,3)10-18/h7-8,18H,5-6,9-10H2,1-4H3,(H,14,16). The second-order valence-electron chi connectivity index (χ2n) is 5.15. The van der Waals surface area contributed by atoms with E-state index in [1.807, 2.05) is 20.9 Å². The molecule has 18 heavy (non-hydrogen) atoms. The molecule has 0 bridgehead atoms. The molecular weight excluding hydrogens is 228 g/mol. The van der Waals surface area contributed by atoms with Crippen LogP contribution in [0.1, 0.15) is 32.9 Å². The van der Waals surface area contributed by atoms with Crippen LogP contribution in [0.3, 0.4) is 0 Å². The van der Waals surface area contributed by atoms with Gasteiger partial charge >= 0.3 is 0 Å². The van der Waals surface area contributed by atoms with E-state index in [1.54, 1.807) is 12.4 Å². The van der Waals surface area contributed by atoms with E-state index in [2.05, 4.69) is 27.1 Å². The Bertz CT molecular complexity index is 351. The van der Waals surface area contributed by atoms with Gasteiger partial charge in [-0.05, 0) is 27.3 Å². The minimum absolute atomic E-state index is 0.118. The first-order chi connectivity index (χ1) is 8.49. The van der Waals surface area contributed by atoms with Crippen molar-refractivity contribution in [3.8, 4) is 0 Å². The van der Waals surface area contributed by atoms with Crippen LogP contribution in [0.4, 0.5) is 5.82 Å². The Morgan fingerprint density at radius 2 is 2.06 bits per heavy atom. The first kappa shape index (κ1) is 14.9. The summed E-state index contributed by atoms with van der Waals surface area (Å²) < 4.78 is 0. The Morgan fingerprint density at radius 1 is 1.33 bits per heavy atom. The van der Waals surface area contributed by atoms with E-state index >= 15 is 0 Å². The number of aromatic nitrogens is 2. The van der Waals surface area contributed by atoms with Crippen LogP contribution in [0.25, 0.3) is 0 Å². The van der Waals surface area contributed by atoms with Gasteiger partial charge in [0.15, 0.2) is 0 Å². The quantitative estimate of drug-likeness (QED) is 0.770. The van der Waals surface area contributed by atoms with Gasteiger partial charge in [0, 0.05) is 18.6 Å². The van der Waals surface area contributed by atoms with Crippen LogP contribution in [-0.2, 0) is 6.54 Å². The summed E-state index contributed by atoms with van der Waals surface area (Å²) in [5, 5.41) is 12.5. The highest BCUT2D eigenvalue weighted by molar-refractivity contribution is 5.30. The summed E-state index contributed by atoms with van der Waals surface area (Å²) >= 11 is 0. The third kappa shape index (κ3) is 4.23. The van der Waals surface area contributed by atoms with E-state index in [9.17, 15) is 5.11 Å². The molecule has 1 aromatic rings. The van der Waals surface area contributed by atoms with Gasteiger partial charge in [-0.15, -0.1) is 0 Å². The van der Waals surface area contributed by atoms with Crippen molar-refractivity contribution in [2.24, 2.45) is 0 Å². The number of hydrogen-bond acceptors (Lipinski definition) is 5. The lowest BCUT2D eigenvalue weighted by molar-refractivity contribution is 0.0724. The van der Waals surface area contributed by atoms with Crippen molar-refractivity contribution in [2.45, 2.75) is 39.3 Å². The summed E-state index contributed by atoms with van der Waals surface area (Å²) in [6, 6.07) is 0. The molecule has 5 nitrogen and oxygen atoms in total. The second-order valence-corrected chi connectivity index (χ2v) is 5.15. The van der Waals surface area contributed by atoms with Crippen LogP contribution in [0.2, 0.25) is 0 Å². The summed E-state index contributed by atoms with van der Waals surface area (Å²) in [7, 11) is 1.97. The Labute approximate surface area is 109 Å². The summed E-state index contributed by atoms with van der Waals surface area (Å²) in [5.41, 5.74) is 0.655. The molecule has 0 fully saturated rings. The number of likely N-dealkylation sites (N-methyl/N-ethyl adjacent to an activating group) is 1. The van der Waals surface area contributed by atoms with Gasteiger partial charge in [0.05, 0.1) is 24.7 Å². The van der Waals surface area contributed by atoms with E-state index in [0.717, 1.165) is 24.5 Å². The molecule has 0 aromatic carbocycles. The van der Waals surface area contributed by atoms with Crippen LogP contribution in [0.5, 0.6) is 0 Å². The molecule has 0 aliphatic heterocycles. The maximum atomic E-state index is 9.30. The van der Waals surface area contributed by atoms with Crippen molar-refractivity contribution < 1.29 is 5.11 Å². The SMILES string of the molecule is CCCNc1cnc(CN(C)C(C)(C)CO)cn1. The lowest BCUT2D eigenvalue weighted by Crippen LogP contribution is -2.43. The van der Waals surface area contributed by atoms with Crippen molar-refractivity contribution in [3.63, 3.8) is 0 Å². The molecule has 2 N–H and O–H groups in total. The van der Waals surface area contributed by atoms with Gasteiger partial charge in [-0.2, -0.15) is 0 Å². The maximum Gasteiger partial charge on any atom is 0.144 e. The van der Waals surface area contributed by atoms with Crippen LogP contribution >= 0.6 is 0 Å². The molecule has 1 heterocycles. The number of hydrogen-bond donors (Lipinski definition) is 2. The van der Waals surface area contributed by atoms with Crippen molar-refractivity contribution >= 4 is 5.82 Å². The largest absolute Gasteiger partial charge is 0.394 e. The zero-order chi connectivity index (χ0) is 13.6. The van der Waals surface area contributed by atoms with Gasteiger partial charge in [0.1, 0.15) is 5.82 Å². The molecule has 1 aromatic heterocycles. The predicted molar refractivity (Wildman–Crippen MR) is 73.4 cm³/mol. The average molecular weight is 252 g/mol. The van der Waals surface area contributed by atoms with Gasteiger partial charge in [-0.3, -0.25) is 9.88 Å². The van der Waals surface area contributed by atoms with Gasteiger partial charge in [0.2, 0.25) is 0 Å². The molecule has 0 amide bonds. The fourth-order valence-corrected chi connectivity index (χ4v) is 1.36. The van der Waals surface area contributed by atoms with Gasteiger partial charge in [-0.25, -0.2) is 4.98 Å². The van der Waals surface area contributed by atoms with Crippen LogP contribution in [0, 0.1) is 0 Å². The third-order valence-electron chi connectivity index (χ3n) is 3.08. The lowest BCUT2D eigenvalue weighted by Gasteiger charge is -2.33. The lowest BCUT2D eigenvalue weighted by atomic mass is 10.1. The Hall–Kier alpha value is -1.20. The van der Waals surface area contributed by atoms with Crippen LogP contribution in [-0.4, -0.2) is 45.7 Å². The molecule has 0 saturated carbocycles. The van der Waals surface area contributed by atoms with Crippen molar-refractivity contribution in [2.75, 3.05) is 25.5 Å². The molecule has 102 valence electrons. The molecular formula is C13H24N4O. The van der Waals surface area contributed by atoms with Crippen molar-refractivity contribution in [1.29, 1.82) is 0 Å². The van der Waals surface area contributed by atoms with Crippen molar-refractivity contribution in [1.82, 2.24) is 14.9 Å². The number of nitrogens with zero attached hydrogens (tertiary/aromatic N) is 3. The van der Waals surface area contributed by atoms with E-state index < -0.39 is 0 Å². The van der Waals surface area contributed by atoms with E-state index in [0.29, 0.717) is 6.54 Å². The number of aliphatic hydroxyl groups is 1. The fraction of sp³-hybridized carbons (Fsp3) is 0.692. The summed E-state index contributed by atoms with van der Waals surface area (Å²) in [6.07, 6.45) is 4.60. The smallest absolute Gasteiger partial charge is 0.144 e. The van der Waals surface area contributed by atoms with Crippen LogP contribution < -0.4 is 5.32 Å². The zero-order valence-corrected chi connectivity index (χ0v) is 11.8. The molecule has 0 saturated heterocycles. The Kier molecular flexibility index (Phi) is 5.50. The highest BCUT2D eigenvalue weighted by atomic mass is 16.3. The summed E-state index contributed by atoms with van der Waals surface area (Å²) in [6.45, 7) is 7.81. The van der Waals surface area contributed by atoms with Crippen LogP contribution in [0.15, 0.2) is 12.4 Å². The topological polar surface area (TPSA) is 61.3 Å². The zero-order valence-electron chi connectivity index (χ0n) is 11.8. The average Bonchev–Trinajstić information content (AvgIpc) is 2.37. The van der Waals surface area contributed by atoms with E-state index in [1.165, 1.54) is 0 Å². The normalized spacial score (nSPS) is 11.9. The predicted octanol–water partition coefficient (Wildman–Crippen LogP) is 1.50. The third-order valence-corrected chi connectivity index (χ3v) is 3.08. The molecule has 0 aliphatic rings. The summed E-state index contributed by atoms with van der Waals surface area (Å²) in [4.78, 5) is 10.8. The van der Waals surface area contributed by atoms with Gasteiger partial charge < -0.3 is 10.4 Å². The minimum Gasteiger partial charge on any atom is -0.394 e. The van der Waals surface area contributed by atoms with Gasteiger partial charge in [0.25, 0.3) is 0 Å². The first-order valence-electron chi connectivity index (χ1n) is 6.36. The number of aliphatic hydroxyl groups excluding tert-OH is 1. The Balaban J connectivity index is 2.58. The molecule has 0 spiro atoms. The molecule has 0 atom stereocenters. The highest BCUT2D eigenvalue weighted by Gasteiger charge is 2.22. The monoisotopic (exact) mass is 252 g/mol. The molecule has 5 heteroatoms. The molecule has 0 radical (unpaired) electrons. The first-order valence-corrected chi connectivity index (χ1v) is 6.36. The Morgan fingerprint density at radius 3 is 2.56 bits per heavy atom. The molecule has 0 aliphatic carbocycles. The van der Waals surface area contributed by atoms with E-state index in [4.69, 9.17) is 0 Å². The number of anilines is 1. The fourth-order valence-electron chi connectivity index (χ4n) is 1.36. The minimum atomic E-state index is -0.249. The van der Waals surface area contributed by atoms with E-state index in [-0.39, 0.29) is 12.1 Å². The van der Waals surface area contributed by atoms with Gasteiger partial charge in [-0.1, -0.05) is 6.92 Å². The second kappa shape index (κ2) is 6.66. The molecule has 1 rings (SSSR count). The van der Waals surface area contributed by atoms with Crippen molar-refractivity contribution in [3.05, 3.63) is 18.1 Å².